The summed E-state index contributed by atoms with van der Waals surface area (Å²) in [5.74, 6) is 0.892. The van der Waals surface area contributed by atoms with E-state index in [1.807, 2.05) is 0 Å². The largest absolute Gasteiger partial charge is 0.362 e. The predicted molar refractivity (Wildman–Crippen MR) is 45.0 cm³/mol. The van der Waals surface area contributed by atoms with Gasteiger partial charge in [0.2, 0.25) is 5.91 Å². The minimum absolute atomic E-state index is 0.108. The van der Waals surface area contributed by atoms with Crippen LogP contribution in [0.1, 0.15) is 12.8 Å². The van der Waals surface area contributed by atoms with Gasteiger partial charge < -0.3 is 10.6 Å². The first-order chi connectivity index (χ1) is 5.27. The van der Waals surface area contributed by atoms with E-state index in [-0.39, 0.29) is 11.8 Å². The van der Waals surface area contributed by atoms with Crippen molar-refractivity contribution in [2.45, 2.75) is 12.8 Å². The van der Waals surface area contributed by atoms with E-state index in [0.29, 0.717) is 11.0 Å². The molecule has 1 atom stereocenters. The summed E-state index contributed by atoms with van der Waals surface area (Å²) in [6, 6.07) is 0. The SMILES string of the molecule is O=C1NC(=S)NCC1C1CC1. The summed E-state index contributed by atoms with van der Waals surface area (Å²) in [7, 11) is 0. The zero-order valence-corrected chi connectivity index (χ0v) is 6.91. The first-order valence-electron chi connectivity index (χ1n) is 3.86. The Kier molecular flexibility index (Phi) is 1.56. The second-order valence-electron chi connectivity index (χ2n) is 3.14. The molecule has 1 unspecified atom stereocenters. The lowest BCUT2D eigenvalue weighted by atomic mass is 10.0. The van der Waals surface area contributed by atoms with Gasteiger partial charge in [0, 0.05) is 6.54 Å². The second kappa shape index (κ2) is 2.44. The number of amides is 1. The molecule has 1 aliphatic carbocycles. The third-order valence-corrected chi connectivity index (χ3v) is 2.49. The van der Waals surface area contributed by atoms with Crippen LogP contribution in [0, 0.1) is 11.8 Å². The van der Waals surface area contributed by atoms with Crippen molar-refractivity contribution in [2.24, 2.45) is 11.8 Å². The van der Waals surface area contributed by atoms with E-state index < -0.39 is 0 Å². The van der Waals surface area contributed by atoms with E-state index >= 15 is 0 Å². The highest BCUT2D eigenvalue weighted by Gasteiger charge is 2.38. The average Bonchev–Trinajstić information content (AvgIpc) is 2.70. The Balaban J connectivity index is 2.00. The molecule has 1 aliphatic heterocycles. The molecule has 0 spiro atoms. The van der Waals surface area contributed by atoms with Crippen molar-refractivity contribution < 1.29 is 4.79 Å². The Morgan fingerprint density at radius 3 is 2.73 bits per heavy atom. The van der Waals surface area contributed by atoms with Gasteiger partial charge in [-0.1, -0.05) is 0 Å². The molecule has 1 saturated heterocycles. The number of carbonyl (C=O) groups is 1. The molecule has 0 aromatic heterocycles. The zero-order valence-electron chi connectivity index (χ0n) is 6.09. The molecule has 4 heteroatoms. The highest BCUT2D eigenvalue weighted by Crippen LogP contribution is 2.37. The molecule has 2 aliphatic rings. The molecular weight excluding hydrogens is 160 g/mol. The molecule has 0 radical (unpaired) electrons. The van der Waals surface area contributed by atoms with Crippen molar-refractivity contribution in [1.29, 1.82) is 0 Å². The van der Waals surface area contributed by atoms with Crippen molar-refractivity contribution in [1.82, 2.24) is 10.6 Å². The van der Waals surface area contributed by atoms with E-state index in [0.717, 1.165) is 6.54 Å². The fourth-order valence-electron chi connectivity index (χ4n) is 1.42. The molecule has 11 heavy (non-hydrogen) atoms. The first-order valence-corrected chi connectivity index (χ1v) is 4.27. The van der Waals surface area contributed by atoms with Crippen molar-refractivity contribution in [3.05, 3.63) is 0 Å². The van der Waals surface area contributed by atoms with Gasteiger partial charge in [-0.15, -0.1) is 0 Å². The quantitative estimate of drug-likeness (QED) is 0.545. The maximum absolute atomic E-state index is 11.2. The Labute approximate surface area is 70.5 Å². The van der Waals surface area contributed by atoms with Crippen molar-refractivity contribution in [2.75, 3.05) is 6.54 Å². The van der Waals surface area contributed by atoms with Crippen LogP contribution in [0.3, 0.4) is 0 Å². The van der Waals surface area contributed by atoms with E-state index in [4.69, 9.17) is 12.2 Å². The van der Waals surface area contributed by atoms with Crippen LogP contribution >= 0.6 is 12.2 Å². The lowest BCUT2D eigenvalue weighted by Crippen LogP contribution is -2.52. The van der Waals surface area contributed by atoms with Gasteiger partial charge in [0.05, 0.1) is 5.92 Å². The predicted octanol–water partition coefficient (Wildman–Crippen LogP) is 0.0169. The summed E-state index contributed by atoms with van der Waals surface area (Å²) < 4.78 is 0. The van der Waals surface area contributed by atoms with Gasteiger partial charge in [-0.3, -0.25) is 4.79 Å². The van der Waals surface area contributed by atoms with Crippen molar-refractivity contribution in [3.8, 4) is 0 Å². The van der Waals surface area contributed by atoms with Crippen molar-refractivity contribution >= 4 is 23.2 Å². The van der Waals surface area contributed by atoms with E-state index in [1.165, 1.54) is 12.8 Å². The maximum Gasteiger partial charge on any atom is 0.231 e. The topological polar surface area (TPSA) is 41.1 Å². The van der Waals surface area contributed by atoms with Crippen LogP contribution in [-0.4, -0.2) is 17.6 Å². The minimum Gasteiger partial charge on any atom is -0.362 e. The molecule has 0 bridgehead atoms. The number of carbonyl (C=O) groups excluding carboxylic acids is 1. The van der Waals surface area contributed by atoms with Gasteiger partial charge in [-0.2, -0.15) is 0 Å². The highest BCUT2D eigenvalue weighted by molar-refractivity contribution is 7.80. The molecule has 0 aromatic rings. The van der Waals surface area contributed by atoms with Crippen LogP contribution in [0.4, 0.5) is 0 Å². The number of nitrogens with one attached hydrogen (secondary N) is 2. The van der Waals surface area contributed by atoms with Gasteiger partial charge in [-0.05, 0) is 31.0 Å². The smallest absolute Gasteiger partial charge is 0.231 e. The first kappa shape index (κ1) is 7.03. The lowest BCUT2D eigenvalue weighted by molar-refractivity contribution is -0.124. The molecule has 2 fully saturated rings. The standard InChI is InChI=1S/C7H10N2OS/c10-6-5(4-1-2-4)3-8-7(11)9-6/h4-5H,1-3H2,(H2,8,9,10,11). The number of hydrogen-bond acceptors (Lipinski definition) is 2. The van der Waals surface area contributed by atoms with Crippen LogP contribution in [0.25, 0.3) is 0 Å². The average molecular weight is 170 g/mol. The van der Waals surface area contributed by atoms with Gasteiger partial charge >= 0.3 is 0 Å². The normalized spacial score (nSPS) is 31.1. The number of rotatable bonds is 1. The fourth-order valence-corrected chi connectivity index (χ4v) is 1.61. The zero-order chi connectivity index (χ0) is 7.84. The Hall–Kier alpha value is -0.640. The van der Waals surface area contributed by atoms with Crippen LogP contribution < -0.4 is 10.6 Å². The van der Waals surface area contributed by atoms with Gasteiger partial charge in [0.1, 0.15) is 0 Å². The molecule has 1 saturated carbocycles. The van der Waals surface area contributed by atoms with Crippen molar-refractivity contribution in [3.63, 3.8) is 0 Å². The highest BCUT2D eigenvalue weighted by atomic mass is 32.1. The van der Waals surface area contributed by atoms with E-state index in [2.05, 4.69) is 10.6 Å². The number of thiocarbonyl (C=S) groups is 1. The summed E-state index contributed by atoms with van der Waals surface area (Å²) in [5, 5.41) is 6.09. The van der Waals surface area contributed by atoms with E-state index in [1.54, 1.807) is 0 Å². The summed E-state index contributed by atoms with van der Waals surface area (Å²) in [6.45, 7) is 0.731. The molecular formula is C7H10N2OS. The molecule has 2 N–H and O–H groups in total. The fraction of sp³-hybridized carbons (Fsp3) is 0.714. The maximum atomic E-state index is 11.2. The summed E-state index contributed by atoms with van der Waals surface area (Å²) >= 11 is 4.80. The summed E-state index contributed by atoms with van der Waals surface area (Å²) in [5.41, 5.74) is 0. The molecule has 0 aromatic carbocycles. The molecule has 2 rings (SSSR count). The van der Waals surface area contributed by atoms with Crippen LogP contribution in [0.2, 0.25) is 0 Å². The third kappa shape index (κ3) is 1.35. The number of hydrogen-bond donors (Lipinski definition) is 2. The van der Waals surface area contributed by atoms with Gasteiger partial charge in [0.15, 0.2) is 5.11 Å². The van der Waals surface area contributed by atoms with Gasteiger partial charge in [0.25, 0.3) is 0 Å². The second-order valence-corrected chi connectivity index (χ2v) is 3.55. The van der Waals surface area contributed by atoms with Crippen LogP contribution in [-0.2, 0) is 4.79 Å². The van der Waals surface area contributed by atoms with Crippen LogP contribution in [0.15, 0.2) is 0 Å². The summed E-state index contributed by atoms with van der Waals surface area (Å²) in [4.78, 5) is 11.2. The monoisotopic (exact) mass is 170 g/mol. The van der Waals surface area contributed by atoms with Gasteiger partial charge in [-0.25, -0.2) is 0 Å². The third-order valence-electron chi connectivity index (χ3n) is 2.25. The Morgan fingerprint density at radius 1 is 1.45 bits per heavy atom. The molecule has 60 valence electrons. The summed E-state index contributed by atoms with van der Waals surface area (Å²) in [6.07, 6.45) is 2.40. The molecule has 1 heterocycles. The Morgan fingerprint density at radius 2 is 2.18 bits per heavy atom. The van der Waals surface area contributed by atoms with E-state index in [9.17, 15) is 4.79 Å². The molecule has 1 amide bonds. The molecule has 3 nitrogen and oxygen atoms in total. The Bertz CT molecular complexity index is 212. The van der Waals surface area contributed by atoms with Crippen LogP contribution in [0.5, 0.6) is 0 Å². The lowest BCUT2D eigenvalue weighted by Gasteiger charge is -2.23. The minimum atomic E-state index is 0.108.